The van der Waals surface area contributed by atoms with E-state index >= 15 is 0 Å². The molecule has 0 bridgehead atoms. The third kappa shape index (κ3) is 6.55. The van der Waals surface area contributed by atoms with E-state index in [1.807, 2.05) is 0 Å². The van der Waals surface area contributed by atoms with Crippen LogP contribution in [-0.4, -0.2) is 34.6 Å². The maximum atomic E-state index is 11.2. The molecule has 3 nitrogen and oxygen atoms in total. The molecule has 22 heavy (non-hydrogen) atoms. The van der Waals surface area contributed by atoms with Crippen LogP contribution in [0.2, 0.25) is 0 Å². The molecule has 0 spiro atoms. The van der Waals surface area contributed by atoms with Crippen molar-refractivity contribution in [3.05, 3.63) is 0 Å². The lowest BCUT2D eigenvalue weighted by Crippen LogP contribution is -2.58. The number of unbranched alkanes of at least 4 members (excludes halogenated alkanes) is 4. The molecule has 0 aliphatic heterocycles. The van der Waals surface area contributed by atoms with Crippen LogP contribution in [0.15, 0.2) is 0 Å². The lowest BCUT2D eigenvalue weighted by molar-refractivity contribution is -0.212. The van der Waals surface area contributed by atoms with Crippen molar-refractivity contribution >= 4 is 0 Å². The summed E-state index contributed by atoms with van der Waals surface area (Å²) in [6.07, 6.45) is 10.6. The lowest BCUT2D eigenvalue weighted by Gasteiger charge is -2.47. The van der Waals surface area contributed by atoms with E-state index in [-0.39, 0.29) is 6.61 Å². The Morgan fingerprint density at radius 2 is 1.18 bits per heavy atom. The van der Waals surface area contributed by atoms with Gasteiger partial charge in [-0.1, -0.05) is 72.6 Å². The molecule has 0 radical (unpaired) electrons. The van der Waals surface area contributed by atoms with Crippen LogP contribution >= 0.6 is 0 Å². The molecule has 0 aliphatic rings. The van der Waals surface area contributed by atoms with Gasteiger partial charge >= 0.3 is 0 Å². The first kappa shape index (κ1) is 21.9. The molecule has 134 valence electrons. The van der Waals surface area contributed by atoms with Gasteiger partial charge in [0.15, 0.2) is 0 Å². The SMILES string of the molecule is CCCCOC(CCCC)(CCCC)C(O)(CO)CCCC. The molecule has 0 amide bonds. The second kappa shape index (κ2) is 12.3. The molecule has 3 heteroatoms. The van der Waals surface area contributed by atoms with Crippen molar-refractivity contribution in [2.75, 3.05) is 13.2 Å². The minimum absolute atomic E-state index is 0.202. The van der Waals surface area contributed by atoms with E-state index < -0.39 is 11.2 Å². The fourth-order valence-corrected chi connectivity index (χ4v) is 3.13. The maximum Gasteiger partial charge on any atom is 0.116 e. The third-order valence-corrected chi connectivity index (χ3v) is 4.80. The summed E-state index contributed by atoms with van der Waals surface area (Å²) in [6, 6.07) is 0. The average molecular weight is 317 g/mol. The van der Waals surface area contributed by atoms with Gasteiger partial charge in [-0.05, 0) is 25.7 Å². The standard InChI is InChI=1S/C19H40O3/c1-5-9-13-18(21,17-20)19(14-10-6-2,15-11-7-3)22-16-12-8-4/h20-21H,5-17H2,1-4H3. The Hall–Kier alpha value is -0.120. The van der Waals surface area contributed by atoms with Crippen LogP contribution in [0.3, 0.4) is 0 Å². The quantitative estimate of drug-likeness (QED) is 0.425. The molecule has 0 aliphatic carbocycles. The van der Waals surface area contributed by atoms with Crippen molar-refractivity contribution in [2.45, 2.75) is 110 Å². The Labute approximate surface area is 138 Å². The van der Waals surface area contributed by atoms with Gasteiger partial charge in [-0.25, -0.2) is 0 Å². The largest absolute Gasteiger partial charge is 0.393 e. The zero-order valence-corrected chi connectivity index (χ0v) is 15.5. The van der Waals surface area contributed by atoms with Crippen LogP contribution in [0.25, 0.3) is 0 Å². The van der Waals surface area contributed by atoms with Crippen molar-refractivity contribution in [2.24, 2.45) is 0 Å². The predicted octanol–water partition coefficient (Wildman–Crippen LogP) is 4.84. The summed E-state index contributed by atoms with van der Waals surface area (Å²) in [6.45, 7) is 9.08. The molecule has 0 aromatic carbocycles. The summed E-state index contributed by atoms with van der Waals surface area (Å²) >= 11 is 0. The Morgan fingerprint density at radius 3 is 1.59 bits per heavy atom. The number of hydrogen-bond donors (Lipinski definition) is 2. The minimum Gasteiger partial charge on any atom is -0.393 e. The molecule has 0 fully saturated rings. The highest BCUT2D eigenvalue weighted by Crippen LogP contribution is 2.40. The molecule has 1 atom stereocenters. The Balaban J connectivity index is 5.30. The molecule has 2 N–H and O–H groups in total. The molecule has 0 saturated carbocycles. The minimum atomic E-state index is -1.11. The fraction of sp³-hybridized carbons (Fsp3) is 1.00. The van der Waals surface area contributed by atoms with E-state index in [1.165, 1.54) is 0 Å². The van der Waals surface area contributed by atoms with E-state index in [0.29, 0.717) is 13.0 Å². The number of ether oxygens (including phenoxy) is 1. The maximum absolute atomic E-state index is 11.2. The highest BCUT2D eigenvalue weighted by molar-refractivity contribution is 5.01. The van der Waals surface area contributed by atoms with Gasteiger partial charge in [-0.15, -0.1) is 0 Å². The second-order valence-electron chi connectivity index (χ2n) is 6.70. The topological polar surface area (TPSA) is 49.7 Å². The fourth-order valence-electron chi connectivity index (χ4n) is 3.13. The Bertz CT molecular complexity index is 247. The smallest absolute Gasteiger partial charge is 0.116 e. The molecular weight excluding hydrogens is 276 g/mol. The van der Waals surface area contributed by atoms with Crippen molar-refractivity contribution in [3.63, 3.8) is 0 Å². The zero-order chi connectivity index (χ0) is 16.9. The van der Waals surface area contributed by atoms with Crippen LogP contribution in [-0.2, 0) is 4.74 Å². The van der Waals surface area contributed by atoms with Gasteiger partial charge in [0.1, 0.15) is 5.60 Å². The Kier molecular flexibility index (Phi) is 12.3. The monoisotopic (exact) mass is 316 g/mol. The summed E-state index contributed by atoms with van der Waals surface area (Å²) in [5.41, 5.74) is -1.70. The van der Waals surface area contributed by atoms with Crippen molar-refractivity contribution in [1.29, 1.82) is 0 Å². The summed E-state index contributed by atoms with van der Waals surface area (Å²) in [5.74, 6) is 0. The van der Waals surface area contributed by atoms with E-state index in [0.717, 1.165) is 64.2 Å². The first-order valence-corrected chi connectivity index (χ1v) is 9.53. The molecule has 0 rings (SSSR count). The summed E-state index contributed by atoms with van der Waals surface area (Å²) in [7, 11) is 0. The Morgan fingerprint density at radius 1 is 0.727 bits per heavy atom. The van der Waals surface area contributed by atoms with Crippen LogP contribution in [0.4, 0.5) is 0 Å². The molecular formula is C19H40O3. The van der Waals surface area contributed by atoms with Gasteiger partial charge in [0, 0.05) is 6.61 Å². The predicted molar refractivity (Wildman–Crippen MR) is 94.2 cm³/mol. The van der Waals surface area contributed by atoms with E-state index in [1.54, 1.807) is 0 Å². The molecule has 0 aromatic heterocycles. The van der Waals surface area contributed by atoms with Crippen molar-refractivity contribution in [3.8, 4) is 0 Å². The van der Waals surface area contributed by atoms with E-state index in [2.05, 4.69) is 27.7 Å². The van der Waals surface area contributed by atoms with Crippen molar-refractivity contribution in [1.82, 2.24) is 0 Å². The van der Waals surface area contributed by atoms with E-state index in [4.69, 9.17) is 4.74 Å². The first-order valence-electron chi connectivity index (χ1n) is 9.53. The highest BCUT2D eigenvalue weighted by Gasteiger charge is 2.49. The summed E-state index contributed by atoms with van der Waals surface area (Å²) in [5, 5.41) is 21.2. The van der Waals surface area contributed by atoms with Gasteiger partial charge in [0.25, 0.3) is 0 Å². The summed E-state index contributed by atoms with van der Waals surface area (Å²) in [4.78, 5) is 0. The molecule has 0 heterocycles. The number of rotatable bonds is 15. The van der Waals surface area contributed by atoms with Gasteiger partial charge in [0.2, 0.25) is 0 Å². The van der Waals surface area contributed by atoms with Crippen LogP contribution in [0.5, 0.6) is 0 Å². The van der Waals surface area contributed by atoms with Crippen LogP contribution < -0.4 is 0 Å². The van der Waals surface area contributed by atoms with Gasteiger partial charge in [-0.3, -0.25) is 0 Å². The van der Waals surface area contributed by atoms with Crippen molar-refractivity contribution < 1.29 is 14.9 Å². The number of hydrogen-bond acceptors (Lipinski definition) is 3. The van der Waals surface area contributed by atoms with Crippen LogP contribution in [0.1, 0.15) is 98.3 Å². The van der Waals surface area contributed by atoms with Gasteiger partial charge < -0.3 is 14.9 Å². The highest BCUT2D eigenvalue weighted by atomic mass is 16.5. The lowest BCUT2D eigenvalue weighted by atomic mass is 9.73. The average Bonchev–Trinajstić information content (AvgIpc) is 2.54. The first-order chi connectivity index (χ1) is 10.6. The normalized spacial score (nSPS) is 15.0. The molecule has 0 aromatic rings. The molecule has 1 unspecified atom stereocenters. The number of aliphatic hydroxyl groups is 2. The third-order valence-electron chi connectivity index (χ3n) is 4.80. The zero-order valence-electron chi connectivity index (χ0n) is 15.5. The number of aliphatic hydroxyl groups excluding tert-OH is 1. The molecule has 0 saturated heterocycles. The summed E-state index contributed by atoms with van der Waals surface area (Å²) < 4.78 is 6.32. The van der Waals surface area contributed by atoms with Crippen LogP contribution in [0, 0.1) is 0 Å². The van der Waals surface area contributed by atoms with Gasteiger partial charge in [-0.2, -0.15) is 0 Å². The second-order valence-corrected chi connectivity index (χ2v) is 6.70. The van der Waals surface area contributed by atoms with E-state index in [9.17, 15) is 10.2 Å². The van der Waals surface area contributed by atoms with Gasteiger partial charge in [0.05, 0.1) is 12.2 Å².